The Kier molecular flexibility index (Phi) is 4.71. The molecule has 20 heavy (non-hydrogen) atoms. The number of nitrogens with zero attached hydrogens (tertiary/aromatic N) is 1. The zero-order valence-electron chi connectivity index (χ0n) is 11.5. The van der Waals surface area contributed by atoms with E-state index in [1.165, 1.54) is 11.6 Å². The van der Waals surface area contributed by atoms with Crippen molar-refractivity contribution < 1.29 is 4.79 Å². The molecule has 1 heterocycles. The number of pyridine rings is 1. The van der Waals surface area contributed by atoms with Crippen molar-refractivity contribution in [3.8, 4) is 0 Å². The first kappa shape index (κ1) is 14.1. The summed E-state index contributed by atoms with van der Waals surface area (Å²) in [7, 11) is 0. The number of aromatic nitrogens is 1. The van der Waals surface area contributed by atoms with Gasteiger partial charge in [0.25, 0.3) is 5.91 Å². The molecule has 0 spiro atoms. The molecule has 0 bridgehead atoms. The van der Waals surface area contributed by atoms with E-state index in [0.717, 1.165) is 6.42 Å². The van der Waals surface area contributed by atoms with Crippen LogP contribution in [0.4, 0.5) is 0 Å². The average Bonchev–Trinajstić information content (AvgIpc) is 2.48. The highest BCUT2D eigenvalue weighted by Crippen LogP contribution is 2.04. The lowest BCUT2D eigenvalue weighted by molar-refractivity contribution is 0.0760. The Morgan fingerprint density at radius 3 is 2.50 bits per heavy atom. The van der Waals surface area contributed by atoms with E-state index in [4.69, 9.17) is 0 Å². The highest BCUT2D eigenvalue weighted by atomic mass is 16.2. The van der Waals surface area contributed by atoms with Gasteiger partial charge in [-0.3, -0.25) is 9.59 Å². The van der Waals surface area contributed by atoms with Crippen LogP contribution in [0.2, 0.25) is 0 Å². The first-order valence-corrected chi connectivity index (χ1v) is 6.73. The van der Waals surface area contributed by atoms with Crippen LogP contribution in [0.1, 0.15) is 23.0 Å². The number of hydrogen-bond acceptors (Lipinski definition) is 2. The molecule has 0 aliphatic rings. The molecule has 2 aromatic rings. The number of aromatic amines is 1. The van der Waals surface area contributed by atoms with Crippen molar-refractivity contribution in [1.29, 1.82) is 0 Å². The van der Waals surface area contributed by atoms with Gasteiger partial charge < -0.3 is 9.88 Å². The molecule has 0 aliphatic heterocycles. The number of hydrogen-bond donors (Lipinski definition) is 1. The third-order valence-corrected chi connectivity index (χ3v) is 3.18. The van der Waals surface area contributed by atoms with Gasteiger partial charge in [0.15, 0.2) is 0 Å². The van der Waals surface area contributed by atoms with Gasteiger partial charge in [-0.1, -0.05) is 36.4 Å². The van der Waals surface area contributed by atoms with Gasteiger partial charge in [0.1, 0.15) is 5.69 Å². The van der Waals surface area contributed by atoms with Gasteiger partial charge in [-0.05, 0) is 25.0 Å². The molecule has 4 heteroatoms. The van der Waals surface area contributed by atoms with Crippen LogP contribution in [0.15, 0.2) is 53.3 Å². The zero-order chi connectivity index (χ0) is 14.4. The minimum atomic E-state index is -0.255. The number of carbonyl (C=O) groups is 1. The number of H-pyrrole nitrogens is 1. The average molecular weight is 270 g/mol. The maximum Gasteiger partial charge on any atom is 0.270 e. The largest absolute Gasteiger partial charge is 0.337 e. The minimum absolute atomic E-state index is 0.138. The van der Waals surface area contributed by atoms with Crippen LogP contribution in [0, 0.1) is 0 Å². The molecule has 2 rings (SSSR count). The van der Waals surface area contributed by atoms with Crippen molar-refractivity contribution >= 4 is 5.91 Å². The Hall–Kier alpha value is -2.36. The summed E-state index contributed by atoms with van der Waals surface area (Å²) < 4.78 is 0. The monoisotopic (exact) mass is 270 g/mol. The van der Waals surface area contributed by atoms with E-state index < -0.39 is 0 Å². The number of benzene rings is 1. The van der Waals surface area contributed by atoms with E-state index in [1.54, 1.807) is 17.0 Å². The summed E-state index contributed by atoms with van der Waals surface area (Å²) in [6, 6.07) is 14.7. The van der Waals surface area contributed by atoms with E-state index in [9.17, 15) is 9.59 Å². The normalized spacial score (nSPS) is 10.2. The predicted molar refractivity (Wildman–Crippen MR) is 78.8 cm³/mol. The lowest BCUT2D eigenvalue weighted by Gasteiger charge is -2.20. The summed E-state index contributed by atoms with van der Waals surface area (Å²) >= 11 is 0. The number of amides is 1. The summed E-state index contributed by atoms with van der Waals surface area (Å²) in [6.45, 7) is 3.18. The fraction of sp³-hybridized carbons (Fsp3) is 0.250. The van der Waals surface area contributed by atoms with Crippen LogP contribution in [-0.4, -0.2) is 28.9 Å². The molecule has 104 valence electrons. The van der Waals surface area contributed by atoms with Gasteiger partial charge in [-0.2, -0.15) is 0 Å². The third kappa shape index (κ3) is 3.57. The van der Waals surface area contributed by atoms with Crippen molar-refractivity contribution in [3.63, 3.8) is 0 Å². The third-order valence-electron chi connectivity index (χ3n) is 3.18. The first-order valence-electron chi connectivity index (χ1n) is 6.73. The summed E-state index contributed by atoms with van der Waals surface area (Å²) in [6.07, 6.45) is 0.803. The lowest BCUT2D eigenvalue weighted by atomic mass is 10.1. The number of likely N-dealkylation sites (N-methyl/N-ethyl adjacent to an activating group) is 1. The molecule has 1 amide bonds. The van der Waals surface area contributed by atoms with Crippen molar-refractivity contribution in [2.45, 2.75) is 13.3 Å². The van der Waals surface area contributed by atoms with Crippen LogP contribution in [0.5, 0.6) is 0 Å². The lowest BCUT2D eigenvalue weighted by Crippen LogP contribution is -2.34. The van der Waals surface area contributed by atoms with Crippen LogP contribution >= 0.6 is 0 Å². The second kappa shape index (κ2) is 6.70. The highest BCUT2D eigenvalue weighted by molar-refractivity contribution is 5.92. The molecular weight excluding hydrogens is 252 g/mol. The molecule has 0 unspecified atom stereocenters. The molecule has 0 radical (unpaired) electrons. The standard InChI is InChI=1S/C16H18N2O2/c1-2-18(12-11-13-7-4-3-5-8-13)16(20)14-9-6-10-15(19)17-14/h3-10H,2,11-12H2,1H3,(H,17,19). The number of nitrogens with one attached hydrogen (secondary N) is 1. The van der Waals surface area contributed by atoms with Gasteiger partial charge in [-0.15, -0.1) is 0 Å². The Balaban J connectivity index is 2.04. The first-order chi connectivity index (χ1) is 9.70. The Morgan fingerprint density at radius 1 is 1.10 bits per heavy atom. The van der Waals surface area contributed by atoms with Gasteiger partial charge in [0.2, 0.25) is 5.56 Å². The molecule has 1 aromatic carbocycles. The van der Waals surface area contributed by atoms with E-state index in [-0.39, 0.29) is 11.5 Å². The summed E-state index contributed by atoms with van der Waals surface area (Å²) in [5.74, 6) is -0.138. The summed E-state index contributed by atoms with van der Waals surface area (Å²) in [4.78, 5) is 27.9. The predicted octanol–water partition coefficient (Wildman–Crippen LogP) is 2.08. The minimum Gasteiger partial charge on any atom is -0.337 e. The van der Waals surface area contributed by atoms with Crippen molar-refractivity contribution in [2.24, 2.45) is 0 Å². The smallest absolute Gasteiger partial charge is 0.270 e. The summed E-state index contributed by atoms with van der Waals surface area (Å²) in [5.41, 5.74) is 1.28. The summed E-state index contributed by atoms with van der Waals surface area (Å²) in [5, 5.41) is 0. The van der Waals surface area contributed by atoms with E-state index in [2.05, 4.69) is 4.98 Å². The zero-order valence-corrected chi connectivity index (χ0v) is 11.5. The molecule has 0 saturated carbocycles. The van der Waals surface area contributed by atoms with Gasteiger partial charge in [-0.25, -0.2) is 0 Å². The molecule has 0 atom stereocenters. The Labute approximate surface area is 118 Å². The Morgan fingerprint density at radius 2 is 1.85 bits per heavy atom. The molecule has 4 nitrogen and oxygen atoms in total. The van der Waals surface area contributed by atoms with Gasteiger partial charge in [0, 0.05) is 19.2 Å². The van der Waals surface area contributed by atoms with Gasteiger partial charge in [0.05, 0.1) is 0 Å². The van der Waals surface area contributed by atoms with Crippen molar-refractivity contribution in [1.82, 2.24) is 9.88 Å². The SMILES string of the molecule is CCN(CCc1ccccc1)C(=O)c1cccc(=O)[nH]1. The van der Waals surface area contributed by atoms with E-state index >= 15 is 0 Å². The van der Waals surface area contributed by atoms with Crippen molar-refractivity contribution in [3.05, 3.63) is 70.1 Å². The fourth-order valence-electron chi connectivity index (χ4n) is 2.05. The van der Waals surface area contributed by atoms with E-state index in [1.807, 2.05) is 37.3 Å². The molecule has 0 aliphatic carbocycles. The second-order valence-electron chi connectivity index (χ2n) is 4.55. The van der Waals surface area contributed by atoms with Crippen LogP contribution in [0.25, 0.3) is 0 Å². The molecule has 0 saturated heterocycles. The molecule has 1 N–H and O–H groups in total. The second-order valence-corrected chi connectivity index (χ2v) is 4.55. The van der Waals surface area contributed by atoms with E-state index in [0.29, 0.717) is 18.8 Å². The maximum absolute atomic E-state index is 12.3. The Bertz CT molecular complexity index is 620. The topological polar surface area (TPSA) is 53.2 Å². The van der Waals surface area contributed by atoms with Crippen molar-refractivity contribution in [2.75, 3.05) is 13.1 Å². The molecule has 0 fully saturated rings. The van der Waals surface area contributed by atoms with Gasteiger partial charge >= 0.3 is 0 Å². The van der Waals surface area contributed by atoms with Crippen LogP contribution in [0.3, 0.4) is 0 Å². The number of rotatable bonds is 5. The number of carbonyl (C=O) groups excluding carboxylic acids is 1. The maximum atomic E-state index is 12.3. The molecule has 1 aromatic heterocycles. The van der Waals surface area contributed by atoms with Crippen LogP contribution < -0.4 is 5.56 Å². The quantitative estimate of drug-likeness (QED) is 0.904. The molecular formula is C16H18N2O2. The fourth-order valence-corrected chi connectivity index (χ4v) is 2.05. The highest BCUT2D eigenvalue weighted by Gasteiger charge is 2.14. The van der Waals surface area contributed by atoms with Crippen LogP contribution in [-0.2, 0) is 6.42 Å².